The first-order valence-corrected chi connectivity index (χ1v) is 5.26. The van der Waals surface area contributed by atoms with Crippen LogP contribution in [-0.4, -0.2) is 41.0 Å². The molecule has 0 atom stereocenters. The summed E-state index contributed by atoms with van der Waals surface area (Å²) < 4.78 is 0.956. The standard InChI is InChI=1S/C8H13BrN4/c9-7-5-11-8(12-7)6-13-3-1-10-2-4-13/h5,10H,1-4,6H2,(H,11,12). The summed E-state index contributed by atoms with van der Waals surface area (Å²) in [4.78, 5) is 9.80. The van der Waals surface area contributed by atoms with E-state index >= 15 is 0 Å². The van der Waals surface area contributed by atoms with E-state index in [1.807, 2.05) is 0 Å². The van der Waals surface area contributed by atoms with Gasteiger partial charge < -0.3 is 10.3 Å². The number of aromatic amines is 1. The van der Waals surface area contributed by atoms with Crippen LogP contribution in [-0.2, 0) is 6.54 Å². The summed E-state index contributed by atoms with van der Waals surface area (Å²) in [6.07, 6.45) is 1.80. The van der Waals surface area contributed by atoms with Crippen molar-refractivity contribution < 1.29 is 0 Å². The molecule has 0 saturated carbocycles. The Hall–Kier alpha value is -0.390. The van der Waals surface area contributed by atoms with Crippen molar-refractivity contribution in [3.8, 4) is 0 Å². The second-order valence-electron chi connectivity index (χ2n) is 3.20. The Kier molecular flexibility index (Phi) is 2.97. The van der Waals surface area contributed by atoms with Crippen molar-refractivity contribution in [2.24, 2.45) is 0 Å². The Morgan fingerprint density at radius 2 is 2.23 bits per heavy atom. The molecule has 0 spiro atoms. The molecule has 0 radical (unpaired) electrons. The van der Waals surface area contributed by atoms with Crippen LogP contribution < -0.4 is 5.32 Å². The average molecular weight is 245 g/mol. The number of nitrogens with one attached hydrogen (secondary N) is 2. The number of imidazole rings is 1. The van der Waals surface area contributed by atoms with Gasteiger partial charge in [-0.05, 0) is 15.9 Å². The molecule has 4 nitrogen and oxygen atoms in total. The first-order chi connectivity index (χ1) is 6.34. The van der Waals surface area contributed by atoms with Gasteiger partial charge in [0.05, 0.1) is 12.7 Å². The maximum atomic E-state index is 4.25. The third-order valence-electron chi connectivity index (χ3n) is 2.18. The second-order valence-corrected chi connectivity index (χ2v) is 4.06. The summed E-state index contributed by atoms with van der Waals surface area (Å²) in [5, 5.41) is 3.32. The van der Waals surface area contributed by atoms with Crippen LogP contribution in [0.1, 0.15) is 5.82 Å². The fourth-order valence-electron chi connectivity index (χ4n) is 1.50. The van der Waals surface area contributed by atoms with Gasteiger partial charge in [0.15, 0.2) is 0 Å². The molecule has 2 N–H and O–H groups in total. The largest absolute Gasteiger partial charge is 0.336 e. The molecular formula is C8H13BrN4. The molecule has 1 saturated heterocycles. The lowest BCUT2D eigenvalue weighted by atomic mass is 10.3. The molecule has 13 heavy (non-hydrogen) atoms. The van der Waals surface area contributed by atoms with Crippen molar-refractivity contribution in [2.45, 2.75) is 6.54 Å². The molecule has 1 aromatic heterocycles. The van der Waals surface area contributed by atoms with Crippen molar-refractivity contribution in [1.29, 1.82) is 0 Å². The minimum Gasteiger partial charge on any atom is -0.336 e. The van der Waals surface area contributed by atoms with Crippen LogP contribution in [0.25, 0.3) is 0 Å². The van der Waals surface area contributed by atoms with Gasteiger partial charge in [0, 0.05) is 26.2 Å². The Labute approximate surface area is 85.9 Å². The fourth-order valence-corrected chi connectivity index (χ4v) is 1.83. The highest BCUT2D eigenvalue weighted by molar-refractivity contribution is 9.10. The summed E-state index contributed by atoms with van der Waals surface area (Å²) in [6.45, 7) is 5.31. The van der Waals surface area contributed by atoms with Crippen LogP contribution in [0.3, 0.4) is 0 Å². The van der Waals surface area contributed by atoms with E-state index < -0.39 is 0 Å². The summed E-state index contributed by atoms with van der Waals surface area (Å²) in [5.74, 6) is 1.04. The molecule has 0 amide bonds. The fraction of sp³-hybridized carbons (Fsp3) is 0.625. The van der Waals surface area contributed by atoms with Gasteiger partial charge in [0.1, 0.15) is 10.4 Å². The minimum absolute atomic E-state index is 0.924. The lowest BCUT2D eigenvalue weighted by Gasteiger charge is -2.26. The van der Waals surface area contributed by atoms with Crippen LogP contribution in [0.15, 0.2) is 10.8 Å². The highest BCUT2D eigenvalue weighted by atomic mass is 79.9. The van der Waals surface area contributed by atoms with Gasteiger partial charge in [-0.25, -0.2) is 4.98 Å². The molecule has 0 aliphatic carbocycles. The van der Waals surface area contributed by atoms with Crippen LogP contribution in [0.2, 0.25) is 0 Å². The molecule has 0 unspecified atom stereocenters. The van der Waals surface area contributed by atoms with E-state index in [-0.39, 0.29) is 0 Å². The molecule has 1 aliphatic rings. The molecule has 72 valence electrons. The van der Waals surface area contributed by atoms with Gasteiger partial charge in [0.2, 0.25) is 0 Å². The molecule has 1 fully saturated rings. The minimum atomic E-state index is 0.924. The van der Waals surface area contributed by atoms with Crippen LogP contribution in [0, 0.1) is 0 Å². The lowest BCUT2D eigenvalue weighted by Crippen LogP contribution is -2.43. The van der Waals surface area contributed by atoms with E-state index in [2.05, 4.69) is 36.1 Å². The van der Waals surface area contributed by atoms with Gasteiger partial charge in [0.25, 0.3) is 0 Å². The quantitative estimate of drug-likeness (QED) is 0.801. The molecule has 0 bridgehead atoms. The van der Waals surface area contributed by atoms with Gasteiger partial charge in [-0.2, -0.15) is 0 Å². The summed E-state index contributed by atoms with van der Waals surface area (Å²) in [7, 11) is 0. The van der Waals surface area contributed by atoms with Gasteiger partial charge >= 0.3 is 0 Å². The zero-order chi connectivity index (χ0) is 9.10. The highest BCUT2D eigenvalue weighted by Crippen LogP contribution is 2.07. The summed E-state index contributed by atoms with van der Waals surface area (Å²) >= 11 is 3.35. The monoisotopic (exact) mass is 244 g/mol. The molecular weight excluding hydrogens is 232 g/mol. The zero-order valence-corrected chi connectivity index (χ0v) is 8.97. The van der Waals surface area contributed by atoms with E-state index in [4.69, 9.17) is 0 Å². The van der Waals surface area contributed by atoms with Crippen LogP contribution in [0.5, 0.6) is 0 Å². The van der Waals surface area contributed by atoms with Gasteiger partial charge in [-0.1, -0.05) is 0 Å². The first kappa shape index (κ1) is 9.18. The highest BCUT2D eigenvalue weighted by Gasteiger charge is 2.10. The SMILES string of the molecule is Brc1cnc(CN2CCNCC2)[nH]1. The smallest absolute Gasteiger partial charge is 0.121 e. The molecule has 1 aliphatic heterocycles. The normalized spacial score (nSPS) is 19.2. The Morgan fingerprint density at radius 3 is 2.85 bits per heavy atom. The van der Waals surface area contributed by atoms with E-state index in [1.54, 1.807) is 6.20 Å². The van der Waals surface area contributed by atoms with Crippen LogP contribution in [0.4, 0.5) is 0 Å². The van der Waals surface area contributed by atoms with Gasteiger partial charge in [-0.3, -0.25) is 4.90 Å². The average Bonchev–Trinajstić information content (AvgIpc) is 2.53. The predicted octanol–water partition coefficient (Wildman–Crippen LogP) is 0.577. The topological polar surface area (TPSA) is 44.0 Å². The molecule has 2 heterocycles. The van der Waals surface area contributed by atoms with Crippen molar-refractivity contribution in [2.75, 3.05) is 26.2 Å². The number of piperazine rings is 1. The molecule has 1 aromatic rings. The second kappa shape index (κ2) is 4.21. The van der Waals surface area contributed by atoms with Crippen molar-refractivity contribution in [3.63, 3.8) is 0 Å². The zero-order valence-electron chi connectivity index (χ0n) is 7.39. The number of aromatic nitrogens is 2. The van der Waals surface area contributed by atoms with Crippen LogP contribution >= 0.6 is 15.9 Å². The first-order valence-electron chi connectivity index (χ1n) is 4.47. The van der Waals surface area contributed by atoms with Gasteiger partial charge in [-0.15, -0.1) is 0 Å². The number of rotatable bonds is 2. The Bertz CT molecular complexity index is 267. The number of halogens is 1. The van der Waals surface area contributed by atoms with E-state index in [0.717, 1.165) is 43.2 Å². The number of hydrogen-bond donors (Lipinski definition) is 2. The number of H-pyrrole nitrogens is 1. The van der Waals surface area contributed by atoms with Crippen molar-refractivity contribution >= 4 is 15.9 Å². The third-order valence-corrected chi connectivity index (χ3v) is 2.58. The number of hydrogen-bond acceptors (Lipinski definition) is 3. The molecule has 5 heteroatoms. The van der Waals surface area contributed by atoms with E-state index in [0.29, 0.717) is 0 Å². The lowest BCUT2D eigenvalue weighted by molar-refractivity contribution is 0.228. The third kappa shape index (κ3) is 2.52. The number of nitrogens with zero attached hydrogens (tertiary/aromatic N) is 2. The van der Waals surface area contributed by atoms with Crippen molar-refractivity contribution in [3.05, 3.63) is 16.6 Å². The summed E-state index contributed by atoms with van der Waals surface area (Å²) in [5.41, 5.74) is 0. The predicted molar refractivity (Wildman–Crippen MR) is 54.4 cm³/mol. The maximum Gasteiger partial charge on any atom is 0.121 e. The molecule has 0 aromatic carbocycles. The van der Waals surface area contributed by atoms with Crippen molar-refractivity contribution in [1.82, 2.24) is 20.2 Å². The Balaban J connectivity index is 1.89. The Morgan fingerprint density at radius 1 is 1.46 bits per heavy atom. The molecule has 2 rings (SSSR count). The maximum absolute atomic E-state index is 4.25. The summed E-state index contributed by atoms with van der Waals surface area (Å²) in [6, 6.07) is 0. The van der Waals surface area contributed by atoms with E-state index in [9.17, 15) is 0 Å². The van der Waals surface area contributed by atoms with E-state index in [1.165, 1.54) is 0 Å².